The monoisotopic (exact) mass is 374 g/mol. The summed E-state index contributed by atoms with van der Waals surface area (Å²) in [5.41, 5.74) is 1.64. The highest BCUT2D eigenvalue weighted by Gasteiger charge is 2.43. The first-order valence-electron chi connectivity index (χ1n) is 10.7. The molecule has 2 aliphatic heterocycles. The number of hydrogen-bond donors (Lipinski definition) is 0. The quantitative estimate of drug-likeness (QED) is 0.768. The van der Waals surface area contributed by atoms with Crippen molar-refractivity contribution in [1.82, 2.24) is 19.4 Å². The number of aromatic nitrogens is 2. The van der Waals surface area contributed by atoms with Crippen LogP contribution >= 0.6 is 0 Å². The molecule has 0 N–H and O–H groups in total. The molecule has 2 saturated heterocycles. The van der Waals surface area contributed by atoms with Crippen molar-refractivity contribution in [1.29, 1.82) is 0 Å². The molecule has 1 aromatic rings. The fourth-order valence-electron chi connectivity index (χ4n) is 5.29. The van der Waals surface area contributed by atoms with Gasteiger partial charge in [-0.1, -0.05) is 12.8 Å². The van der Waals surface area contributed by atoms with Gasteiger partial charge in [0.05, 0.1) is 18.6 Å². The van der Waals surface area contributed by atoms with Crippen LogP contribution in [0.15, 0.2) is 12.5 Å². The van der Waals surface area contributed by atoms with E-state index in [1.54, 1.807) is 7.11 Å². The summed E-state index contributed by atoms with van der Waals surface area (Å²) in [4.78, 5) is 21.7. The van der Waals surface area contributed by atoms with Crippen molar-refractivity contribution in [2.75, 3.05) is 33.4 Å². The number of likely N-dealkylation sites (tertiary alicyclic amines) is 2. The van der Waals surface area contributed by atoms with Gasteiger partial charge in [0.15, 0.2) is 0 Å². The van der Waals surface area contributed by atoms with Crippen molar-refractivity contribution < 1.29 is 9.53 Å². The number of piperidine rings is 2. The van der Waals surface area contributed by atoms with E-state index in [1.807, 2.05) is 12.5 Å². The lowest BCUT2D eigenvalue weighted by Crippen LogP contribution is -2.53. The number of rotatable bonds is 6. The lowest BCUT2D eigenvalue weighted by Gasteiger charge is -2.49. The minimum atomic E-state index is 0.364. The van der Waals surface area contributed by atoms with Crippen LogP contribution in [0.5, 0.6) is 0 Å². The highest BCUT2D eigenvalue weighted by Crippen LogP contribution is 2.42. The van der Waals surface area contributed by atoms with Crippen LogP contribution in [0.3, 0.4) is 0 Å². The largest absolute Gasteiger partial charge is 0.383 e. The fraction of sp³-hybridized carbons (Fsp3) is 0.810. The molecule has 0 aromatic carbocycles. The average Bonchev–Trinajstić information content (AvgIpc) is 3.36. The van der Waals surface area contributed by atoms with Gasteiger partial charge in [-0.15, -0.1) is 0 Å². The molecule has 6 heteroatoms. The summed E-state index contributed by atoms with van der Waals surface area (Å²) in [6, 6.07) is 0.530. The summed E-state index contributed by atoms with van der Waals surface area (Å²) in [6.07, 6.45) is 13.2. The molecular formula is C21H34N4O2. The maximum atomic E-state index is 12.5. The van der Waals surface area contributed by atoms with Crippen molar-refractivity contribution in [3.63, 3.8) is 0 Å². The van der Waals surface area contributed by atoms with Gasteiger partial charge >= 0.3 is 0 Å². The van der Waals surface area contributed by atoms with Gasteiger partial charge in [-0.3, -0.25) is 9.69 Å². The van der Waals surface area contributed by atoms with E-state index in [-0.39, 0.29) is 0 Å². The fourth-order valence-corrected chi connectivity index (χ4v) is 5.29. The Morgan fingerprint density at radius 3 is 2.74 bits per heavy atom. The molecule has 0 bridgehead atoms. The molecule has 6 nitrogen and oxygen atoms in total. The molecule has 1 saturated carbocycles. The predicted molar refractivity (Wildman–Crippen MR) is 104 cm³/mol. The molecule has 3 aliphatic rings. The highest BCUT2D eigenvalue weighted by atomic mass is 16.5. The van der Waals surface area contributed by atoms with Crippen LogP contribution in [0.1, 0.15) is 57.1 Å². The van der Waals surface area contributed by atoms with E-state index >= 15 is 0 Å². The number of nitrogens with zero attached hydrogens (tertiary/aromatic N) is 4. The first-order valence-corrected chi connectivity index (χ1v) is 10.7. The molecule has 1 amide bonds. The zero-order valence-corrected chi connectivity index (χ0v) is 16.7. The predicted octanol–water partition coefficient (Wildman–Crippen LogP) is 2.68. The summed E-state index contributed by atoms with van der Waals surface area (Å²) < 4.78 is 7.41. The minimum absolute atomic E-state index is 0.364. The third kappa shape index (κ3) is 4.21. The van der Waals surface area contributed by atoms with Crippen molar-refractivity contribution in [3.8, 4) is 0 Å². The van der Waals surface area contributed by atoms with Crippen LogP contribution in [-0.4, -0.2) is 64.7 Å². The number of carbonyl (C=O) groups excluding carboxylic acids is 1. The van der Waals surface area contributed by atoms with Crippen LogP contribution in [0.2, 0.25) is 0 Å². The lowest BCUT2D eigenvalue weighted by atomic mass is 9.72. The van der Waals surface area contributed by atoms with E-state index in [9.17, 15) is 4.79 Å². The SMILES string of the molecule is COCCn1cncc1CN1CCC2(CCC(=O)N(C3CCCC3)C2)CC1. The van der Waals surface area contributed by atoms with E-state index in [4.69, 9.17) is 4.74 Å². The molecule has 4 rings (SSSR count). The molecule has 150 valence electrons. The third-order valence-electron chi connectivity index (χ3n) is 7.10. The van der Waals surface area contributed by atoms with Crippen LogP contribution in [-0.2, 0) is 22.6 Å². The molecule has 3 fully saturated rings. The molecular weight excluding hydrogens is 340 g/mol. The molecule has 0 atom stereocenters. The Morgan fingerprint density at radius 1 is 1.22 bits per heavy atom. The Balaban J connectivity index is 1.33. The van der Waals surface area contributed by atoms with Crippen molar-refractivity contribution in [3.05, 3.63) is 18.2 Å². The van der Waals surface area contributed by atoms with Gasteiger partial charge in [0, 0.05) is 45.4 Å². The zero-order valence-electron chi connectivity index (χ0n) is 16.7. The maximum Gasteiger partial charge on any atom is 0.222 e. The normalized spacial score (nSPS) is 24.2. The first-order chi connectivity index (χ1) is 13.2. The van der Waals surface area contributed by atoms with Crippen molar-refractivity contribution in [2.45, 2.75) is 70.5 Å². The highest BCUT2D eigenvalue weighted by molar-refractivity contribution is 5.77. The number of carbonyl (C=O) groups is 1. The number of amides is 1. The standard InChI is InChI=1S/C21H34N4O2/c1-27-13-12-24-17-22-14-19(24)15-23-10-8-21(9-11-23)7-6-20(26)25(16-21)18-4-2-3-5-18/h14,17-18H,2-13,15-16H2,1H3. The molecule has 1 aliphatic carbocycles. The molecule has 0 unspecified atom stereocenters. The van der Waals surface area contributed by atoms with Gasteiger partial charge in [-0.05, 0) is 50.6 Å². The van der Waals surface area contributed by atoms with E-state index < -0.39 is 0 Å². The van der Waals surface area contributed by atoms with Crippen molar-refractivity contribution >= 4 is 5.91 Å². The molecule has 3 heterocycles. The summed E-state index contributed by atoms with van der Waals surface area (Å²) in [7, 11) is 1.74. The second-order valence-electron chi connectivity index (χ2n) is 8.81. The number of methoxy groups -OCH3 is 1. The topological polar surface area (TPSA) is 50.6 Å². The molecule has 0 radical (unpaired) electrons. The van der Waals surface area contributed by atoms with Crippen LogP contribution in [0.4, 0.5) is 0 Å². The second-order valence-corrected chi connectivity index (χ2v) is 8.81. The van der Waals surface area contributed by atoms with Crippen LogP contribution in [0.25, 0.3) is 0 Å². The Kier molecular flexibility index (Phi) is 5.83. The Morgan fingerprint density at radius 2 is 2.00 bits per heavy atom. The maximum absolute atomic E-state index is 12.5. The Bertz CT molecular complexity index is 630. The second kappa shape index (κ2) is 8.31. The summed E-state index contributed by atoms with van der Waals surface area (Å²) in [5, 5.41) is 0. The van der Waals surface area contributed by atoms with E-state index in [2.05, 4.69) is 19.4 Å². The van der Waals surface area contributed by atoms with Gasteiger partial charge in [0.1, 0.15) is 0 Å². The Labute approximate surface area is 162 Å². The molecule has 27 heavy (non-hydrogen) atoms. The third-order valence-corrected chi connectivity index (χ3v) is 7.10. The zero-order chi connectivity index (χ0) is 18.7. The van der Waals surface area contributed by atoms with E-state index in [1.165, 1.54) is 44.2 Å². The van der Waals surface area contributed by atoms with Gasteiger partial charge in [0.2, 0.25) is 5.91 Å². The molecule has 1 aromatic heterocycles. The summed E-state index contributed by atoms with van der Waals surface area (Å²) in [6.45, 7) is 5.81. The average molecular weight is 375 g/mol. The van der Waals surface area contributed by atoms with Crippen molar-refractivity contribution in [2.24, 2.45) is 5.41 Å². The molecule has 1 spiro atoms. The lowest BCUT2D eigenvalue weighted by molar-refractivity contribution is -0.142. The van der Waals surface area contributed by atoms with Gasteiger partial charge in [-0.25, -0.2) is 4.98 Å². The number of hydrogen-bond acceptors (Lipinski definition) is 4. The van der Waals surface area contributed by atoms with E-state index in [0.717, 1.165) is 52.2 Å². The first kappa shape index (κ1) is 18.9. The van der Waals surface area contributed by atoms with Crippen LogP contribution in [0, 0.1) is 5.41 Å². The number of imidazole rings is 1. The summed E-state index contributed by atoms with van der Waals surface area (Å²) >= 11 is 0. The van der Waals surface area contributed by atoms with Crippen LogP contribution < -0.4 is 0 Å². The van der Waals surface area contributed by atoms with Gasteiger partial charge < -0.3 is 14.2 Å². The van der Waals surface area contributed by atoms with Gasteiger partial charge in [0.25, 0.3) is 0 Å². The smallest absolute Gasteiger partial charge is 0.222 e. The Hall–Kier alpha value is -1.40. The minimum Gasteiger partial charge on any atom is -0.383 e. The number of ether oxygens (including phenoxy) is 1. The summed E-state index contributed by atoms with van der Waals surface area (Å²) in [5.74, 6) is 0.414. The van der Waals surface area contributed by atoms with Gasteiger partial charge in [-0.2, -0.15) is 0 Å². The van der Waals surface area contributed by atoms with E-state index in [0.29, 0.717) is 17.4 Å².